The van der Waals surface area contributed by atoms with Crippen molar-refractivity contribution in [3.8, 4) is 0 Å². The number of furan rings is 1. The lowest BCUT2D eigenvalue weighted by Gasteiger charge is -2.36. The van der Waals surface area contributed by atoms with Crippen LogP contribution in [0.2, 0.25) is 0 Å². The maximum Gasteiger partial charge on any atom is 0.435 e. The molecular formula is C15H12F7O. The lowest BCUT2D eigenvalue weighted by atomic mass is 9.73. The lowest BCUT2D eigenvalue weighted by Crippen LogP contribution is -2.55. The monoisotopic (exact) mass is 341 g/mol. The van der Waals surface area contributed by atoms with Crippen LogP contribution in [0.25, 0.3) is 0 Å². The van der Waals surface area contributed by atoms with Gasteiger partial charge < -0.3 is 4.42 Å². The molecule has 0 spiro atoms. The van der Waals surface area contributed by atoms with Gasteiger partial charge in [-0.15, -0.1) is 0 Å². The van der Waals surface area contributed by atoms with Gasteiger partial charge >= 0.3 is 18.0 Å². The molecule has 1 unspecified atom stereocenters. The molecule has 0 aromatic carbocycles. The zero-order chi connectivity index (χ0) is 17.7. The van der Waals surface area contributed by atoms with Crippen molar-refractivity contribution in [3.05, 3.63) is 53.9 Å². The normalized spacial score (nSPS) is 23.5. The van der Waals surface area contributed by atoms with E-state index in [0.29, 0.717) is 12.2 Å². The van der Waals surface area contributed by atoms with Gasteiger partial charge in [0.25, 0.3) is 0 Å². The minimum Gasteiger partial charge on any atom is -0.468 e. The summed E-state index contributed by atoms with van der Waals surface area (Å²) in [5.41, 5.74) is -8.32. The molecule has 1 nitrogen and oxygen atoms in total. The van der Waals surface area contributed by atoms with Crippen LogP contribution >= 0.6 is 0 Å². The molecule has 23 heavy (non-hydrogen) atoms. The van der Waals surface area contributed by atoms with Gasteiger partial charge in [-0.2, -0.15) is 26.3 Å². The molecule has 1 aromatic heterocycles. The predicted molar refractivity (Wildman–Crippen MR) is 68.1 cm³/mol. The summed E-state index contributed by atoms with van der Waals surface area (Å²) in [7, 11) is 0. The zero-order valence-corrected chi connectivity index (χ0v) is 12.0. The molecule has 1 atom stereocenters. The number of hydrogen-bond acceptors (Lipinski definition) is 1. The van der Waals surface area contributed by atoms with Crippen LogP contribution in [-0.2, 0) is 5.41 Å². The van der Waals surface area contributed by atoms with Gasteiger partial charge in [-0.25, -0.2) is 4.39 Å². The Kier molecular flexibility index (Phi) is 3.94. The molecule has 1 aliphatic carbocycles. The third-order valence-electron chi connectivity index (χ3n) is 3.60. The van der Waals surface area contributed by atoms with Crippen molar-refractivity contribution in [2.24, 2.45) is 0 Å². The van der Waals surface area contributed by atoms with Crippen LogP contribution < -0.4 is 0 Å². The first-order chi connectivity index (χ1) is 10.3. The summed E-state index contributed by atoms with van der Waals surface area (Å²) < 4.78 is 96.8. The van der Waals surface area contributed by atoms with E-state index in [1.807, 2.05) is 0 Å². The van der Waals surface area contributed by atoms with Crippen molar-refractivity contribution in [2.45, 2.75) is 37.3 Å². The van der Waals surface area contributed by atoms with Crippen LogP contribution in [0.1, 0.15) is 19.6 Å². The van der Waals surface area contributed by atoms with Crippen LogP contribution in [0.5, 0.6) is 0 Å². The van der Waals surface area contributed by atoms with Gasteiger partial charge in [0.05, 0.1) is 11.7 Å². The molecule has 0 saturated carbocycles. The number of halogens is 7. The average molecular weight is 341 g/mol. The molecule has 8 heteroatoms. The smallest absolute Gasteiger partial charge is 0.435 e. The van der Waals surface area contributed by atoms with Crippen molar-refractivity contribution in [1.29, 1.82) is 0 Å². The van der Waals surface area contributed by atoms with Gasteiger partial charge in [0.15, 0.2) is 0 Å². The Hall–Kier alpha value is -1.73. The topological polar surface area (TPSA) is 13.1 Å². The Morgan fingerprint density at radius 3 is 2.00 bits per heavy atom. The van der Waals surface area contributed by atoms with Crippen molar-refractivity contribution >= 4 is 0 Å². The van der Waals surface area contributed by atoms with Gasteiger partial charge in [-0.1, -0.05) is 17.7 Å². The van der Waals surface area contributed by atoms with E-state index in [1.165, 1.54) is 38.7 Å². The molecule has 1 aromatic rings. The minimum atomic E-state index is -6.14. The van der Waals surface area contributed by atoms with Gasteiger partial charge in [0.2, 0.25) is 0 Å². The Balaban J connectivity index is 2.66. The molecule has 0 aliphatic heterocycles. The Morgan fingerprint density at radius 2 is 1.57 bits per heavy atom. The van der Waals surface area contributed by atoms with E-state index >= 15 is 0 Å². The lowest BCUT2D eigenvalue weighted by molar-refractivity contribution is -0.325. The summed E-state index contributed by atoms with van der Waals surface area (Å²) in [5, 5.41) is 0. The van der Waals surface area contributed by atoms with E-state index in [1.54, 1.807) is 0 Å². The van der Waals surface area contributed by atoms with Gasteiger partial charge in [-0.3, -0.25) is 0 Å². The van der Waals surface area contributed by atoms with Crippen molar-refractivity contribution in [3.63, 3.8) is 0 Å². The first-order valence-electron chi connectivity index (χ1n) is 6.45. The number of rotatable bonds is 2. The zero-order valence-electron chi connectivity index (χ0n) is 12.0. The van der Waals surface area contributed by atoms with Crippen molar-refractivity contribution < 1.29 is 35.2 Å². The third-order valence-corrected chi connectivity index (χ3v) is 3.60. The molecule has 0 bridgehead atoms. The molecule has 2 rings (SSSR count). The SMILES string of the molecule is CC1=CC(C(F)(C(F)(F)F)C(F)(F)F)=CC(C)(c2ccco2)[CH]1. The van der Waals surface area contributed by atoms with E-state index in [9.17, 15) is 30.7 Å². The maximum atomic E-state index is 14.2. The summed E-state index contributed by atoms with van der Waals surface area (Å²) in [5.74, 6) is 0.106. The fourth-order valence-electron chi connectivity index (χ4n) is 2.58. The highest BCUT2D eigenvalue weighted by atomic mass is 19.4. The molecule has 0 amide bonds. The molecule has 1 heterocycles. The quantitative estimate of drug-likeness (QED) is 0.651. The summed E-state index contributed by atoms with van der Waals surface area (Å²) >= 11 is 0. The molecule has 0 saturated heterocycles. The van der Waals surface area contributed by atoms with E-state index in [4.69, 9.17) is 4.42 Å². The van der Waals surface area contributed by atoms with Crippen LogP contribution in [0.3, 0.4) is 0 Å². The highest BCUT2D eigenvalue weighted by Gasteiger charge is 2.74. The van der Waals surface area contributed by atoms with E-state index in [-0.39, 0.29) is 11.3 Å². The van der Waals surface area contributed by atoms with Gasteiger partial charge in [0, 0.05) is 12.0 Å². The van der Waals surface area contributed by atoms with Gasteiger partial charge in [0.1, 0.15) is 5.76 Å². The first kappa shape index (κ1) is 17.6. The first-order valence-corrected chi connectivity index (χ1v) is 6.45. The van der Waals surface area contributed by atoms with E-state index in [2.05, 4.69) is 0 Å². The van der Waals surface area contributed by atoms with Gasteiger partial charge in [-0.05, 0) is 26.0 Å². The second kappa shape index (κ2) is 5.14. The molecule has 1 aliphatic rings. The van der Waals surface area contributed by atoms with Crippen LogP contribution in [0.4, 0.5) is 30.7 Å². The maximum absolute atomic E-state index is 14.2. The molecule has 0 N–H and O–H groups in total. The van der Waals surface area contributed by atoms with E-state index in [0.717, 1.165) is 0 Å². The highest BCUT2D eigenvalue weighted by molar-refractivity contribution is 5.49. The van der Waals surface area contributed by atoms with Crippen LogP contribution in [0.15, 0.2) is 46.1 Å². The summed E-state index contributed by atoms with van der Waals surface area (Å²) in [6.07, 6.45) is -8.51. The minimum absolute atomic E-state index is 0.0666. The fourth-order valence-corrected chi connectivity index (χ4v) is 2.58. The molecule has 0 fully saturated rings. The second-order valence-electron chi connectivity index (χ2n) is 5.55. The van der Waals surface area contributed by atoms with Crippen LogP contribution in [-0.4, -0.2) is 18.0 Å². The highest BCUT2D eigenvalue weighted by Crippen LogP contribution is 2.53. The van der Waals surface area contributed by atoms with Crippen LogP contribution in [0, 0.1) is 6.42 Å². The standard InChI is InChI=1S/C15H12F7O/c1-9-6-10(13(16,14(17,18)19)15(20,21)22)8-12(2,7-9)11-4-3-5-23-11/h3-8H,1-2H3. The summed E-state index contributed by atoms with van der Waals surface area (Å²) in [6, 6.07) is 2.83. The molecule has 1 radical (unpaired) electrons. The number of alkyl halides is 7. The Bertz CT molecular complexity index is 620. The number of hydrogen-bond donors (Lipinski definition) is 0. The second-order valence-corrected chi connectivity index (χ2v) is 5.55. The average Bonchev–Trinajstić information content (AvgIpc) is 2.88. The summed E-state index contributed by atoms with van der Waals surface area (Å²) in [6.45, 7) is 2.64. The van der Waals surface area contributed by atoms with Crippen molar-refractivity contribution in [2.75, 3.05) is 0 Å². The fraction of sp³-hybridized carbons (Fsp3) is 0.400. The van der Waals surface area contributed by atoms with Crippen molar-refractivity contribution in [1.82, 2.24) is 0 Å². The Morgan fingerprint density at radius 1 is 1.00 bits per heavy atom. The summed E-state index contributed by atoms with van der Waals surface area (Å²) in [4.78, 5) is 0. The molecular weight excluding hydrogens is 329 g/mol. The predicted octanol–water partition coefficient (Wildman–Crippen LogP) is 5.46. The third kappa shape index (κ3) is 2.79. The Labute approximate surface area is 127 Å². The molecule has 127 valence electrons. The van der Waals surface area contributed by atoms with E-state index < -0.39 is 29.0 Å². The number of allylic oxidation sites excluding steroid dienone is 4. The largest absolute Gasteiger partial charge is 0.468 e.